The van der Waals surface area contributed by atoms with Crippen LogP contribution in [0.1, 0.15) is 27.8 Å². The molecule has 0 heterocycles. The Balaban J connectivity index is 0.814. The molecule has 0 atom stereocenters. The molecule has 1 aliphatic carbocycles. The number of hydrogen-bond donors (Lipinski definition) is 6. The molecule has 0 fully saturated rings. The van der Waals surface area contributed by atoms with Crippen molar-refractivity contribution in [2.45, 2.75) is 32.1 Å². The third kappa shape index (κ3) is 12.4. The van der Waals surface area contributed by atoms with E-state index in [1.54, 1.807) is 0 Å². The Labute approximate surface area is 343 Å². The molecular formula is C52H52N6. The van der Waals surface area contributed by atoms with Gasteiger partial charge in [0, 0.05) is 71.3 Å². The minimum absolute atomic E-state index is 0.513. The molecule has 7 rings (SSSR count). The highest BCUT2D eigenvalue weighted by molar-refractivity contribution is 5.56. The Kier molecular flexibility index (Phi) is 14.3. The van der Waals surface area contributed by atoms with Crippen molar-refractivity contribution in [2.24, 2.45) is 5.92 Å². The van der Waals surface area contributed by atoms with E-state index in [-0.39, 0.29) is 0 Å². The first kappa shape index (κ1) is 39.1. The molecule has 58 heavy (non-hydrogen) atoms. The highest BCUT2D eigenvalue weighted by Crippen LogP contribution is 2.22. The highest BCUT2D eigenvalue weighted by Gasteiger charge is 2.06. The van der Waals surface area contributed by atoms with Gasteiger partial charge in [-0.1, -0.05) is 115 Å². The Morgan fingerprint density at radius 2 is 0.690 bits per heavy atom. The van der Waals surface area contributed by atoms with Gasteiger partial charge in [-0.25, -0.2) is 0 Å². The van der Waals surface area contributed by atoms with Crippen molar-refractivity contribution < 1.29 is 0 Å². The van der Waals surface area contributed by atoms with Crippen LogP contribution in [-0.2, 0) is 32.1 Å². The second-order valence-corrected chi connectivity index (χ2v) is 14.3. The van der Waals surface area contributed by atoms with E-state index in [2.05, 4.69) is 178 Å². The van der Waals surface area contributed by atoms with E-state index < -0.39 is 0 Å². The molecule has 6 N–H and O–H groups in total. The molecule has 290 valence electrons. The Morgan fingerprint density at radius 1 is 0.328 bits per heavy atom. The van der Waals surface area contributed by atoms with Crippen LogP contribution in [-0.4, -0.2) is 0 Å². The molecule has 0 bridgehead atoms. The van der Waals surface area contributed by atoms with Gasteiger partial charge in [-0.3, -0.25) is 0 Å². The number of rotatable bonds is 20. The van der Waals surface area contributed by atoms with Crippen LogP contribution in [0.15, 0.2) is 213 Å². The summed E-state index contributed by atoms with van der Waals surface area (Å²) in [6, 6.07) is 53.1. The Bertz CT molecular complexity index is 2290. The number of aryl methyl sites for hydroxylation is 4. The van der Waals surface area contributed by atoms with Gasteiger partial charge in [-0.05, 0) is 127 Å². The van der Waals surface area contributed by atoms with Crippen LogP contribution in [0.5, 0.6) is 0 Å². The fraction of sp³-hybridized carbons (Fsp3) is 0.115. The molecule has 0 radical (unpaired) electrons. The van der Waals surface area contributed by atoms with Crippen LogP contribution >= 0.6 is 0 Å². The zero-order chi connectivity index (χ0) is 39.5. The summed E-state index contributed by atoms with van der Waals surface area (Å²) < 4.78 is 0. The summed E-state index contributed by atoms with van der Waals surface area (Å²) in [7, 11) is 0. The molecule has 0 unspecified atom stereocenters. The van der Waals surface area contributed by atoms with E-state index in [1.165, 1.54) is 27.8 Å². The van der Waals surface area contributed by atoms with Crippen molar-refractivity contribution in [3.05, 3.63) is 241 Å². The topological polar surface area (TPSA) is 72.2 Å². The summed E-state index contributed by atoms with van der Waals surface area (Å²) in [5.41, 5.74) is 13.0. The number of allylic oxidation sites excluding steroid dienone is 4. The van der Waals surface area contributed by atoms with Crippen LogP contribution < -0.4 is 31.9 Å². The monoisotopic (exact) mass is 760 g/mol. The normalized spacial score (nSPS) is 12.4. The second kappa shape index (κ2) is 21.2. The highest BCUT2D eigenvalue weighted by atomic mass is 14.9. The Morgan fingerprint density at radius 3 is 1.14 bits per heavy atom. The van der Waals surface area contributed by atoms with Crippen molar-refractivity contribution >= 4 is 34.1 Å². The van der Waals surface area contributed by atoms with Gasteiger partial charge in [0.25, 0.3) is 0 Å². The molecule has 6 aromatic carbocycles. The maximum atomic E-state index is 3.48. The molecule has 0 amide bonds. The summed E-state index contributed by atoms with van der Waals surface area (Å²) in [4.78, 5) is 0. The SMILES string of the molecule is C1=CC(Cc2ccc(NC=CNc3ccccc3CCc3ccc(NC=CNc4ccccc4CCc4ccc(NC=CNc5ccccc5)cc4)cc3)cc2)C=C1. The van der Waals surface area contributed by atoms with Gasteiger partial charge in [0.15, 0.2) is 0 Å². The number of nitrogens with one attached hydrogen (secondary N) is 6. The van der Waals surface area contributed by atoms with E-state index >= 15 is 0 Å². The second-order valence-electron chi connectivity index (χ2n) is 14.3. The molecule has 6 heteroatoms. The first-order chi connectivity index (χ1) is 28.7. The molecule has 0 spiro atoms. The van der Waals surface area contributed by atoms with Crippen molar-refractivity contribution in [3.8, 4) is 0 Å². The molecule has 6 aromatic rings. The predicted molar refractivity (Wildman–Crippen MR) is 248 cm³/mol. The van der Waals surface area contributed by atoms with Crippen molar-refractivity contribution in [1.82, 2.24) is 0 Å². The summed E-state index contributed by atoms with van der Waals surface area (Å²) in [6.45, 7) is 0. The average molecular weight is 761 g/mol. The molecule has 0 aliphatic heterocycles. The average Bonchev–Trinajstić information content (AvgIpc) is 3.79. The smallest absolute Gasteiger partial charge is 0.0412 e. The first-order valence-electron chi connectivity index (χ1n) is 20.1. The lowest BCUT2D eigenvalue weighted by Crippen LogP contribution is -1.99. The van der Waals surface area contributed by atoms with Crippen LogP contribution in [0.25, 0.3) is 0 Å². The van der Waals surface area contributed by atoms with E-state index in [0.717, 1.165) is 66.2 Å². The van der Waals surface area contributed by atoms with Crippen molar-refractivity contribution in [2.75, 3.05) is 31.9 Å². The van der Waals surface area contributed by atoms with Crippen molar-refractivity contribution in [1.29, 1.82) is 0 Å². The summed E-state index contributed by atoms with van der Waals surface area (Å²) in [5.74, 6) is 0.513. The van der Waals surface area contributed by atoms with Gasteiger partial charge in [0.05, 0.1) is 0 Å². The minimum atomic E-state index is 0.513. The zero-order valence-electron chi connectivity index (χ0n) is 32.8. The predicted octanol–water partition coefficient (Wildman–Crippen LogP) is 12.5. The van der Waals surface area contributed by atoms with Crippen LogP contribution in [0.4, 0.5) is 34.1 Å². The molecule has 1 aliphatic rings. The lowest BCUT2D eigenvalue weighted by Gasteiger charge is -2.11. The Hall–Kier alpha value is -7.18. The fourth-order valence-corrected chi connectivity index (χ4v) is 6.82. The van der Waals surface area contributed by atoms with E-state index in [1.807, 2.05) is 67.5 Å². The van der Waals surface area contributed by atoms with E-state index in [0.29, 0.717) is 5.92 Å². The van der Waals surface area contributed by atoms with Gasteiger partial charge < -0.3 is 31.9 Å². The summed E-state index contributed by atoms with van der Waals surface area (Å²) in [5, 5.41) is 20.3. The lowest BCUT2D eigenvalue weighted by atomic mass is 10.0. The lowest BCUT2D eigenvalue weighted by molar-refractivity contribution is 0.816. The molecule has 6 nitrogen and oxygen atoms in total. The quantitative estimate of drug-likeness (QED) is 0.0466. The molecule has 0 saturated heterocycles. The maximum Gasteiger partial charge on any atom is 0.0412 e. The van der Waals surface area contributed by atoms with E-state index in [4.69, 9.17) is 0 Å². The van der Waals surface area contributed by atoms with Gasteiger partial charge in [0.2, 0.25) is 0 Å². The third-order valence-corrected chi connectivity index (χ3v) is 10.1. The van der Waals surface area contributed by atoms with Gasteiger partial charge in [0.1, 0.15) is 0 Å². The van der Waals surface area contributed by atoms with Crippen LogP contribution in [0.3, 0.4) is 0 Å². The van der Waals surface area contributed by atoms with Gasteiger partial charge in [-0.2, -0.15) is 0 Å². The van der Waals surface area contributed by atoms with Gasteiger partial charge in [-0.15, -0.1) is 0 Å². The molecular weight excluding hydrogens is 709 g/mol. The summed E-state index contributed by atoms with van der Waals surface area (Å²) >= 11 is 0. The number of benzene rings is 6. The number of hydrogen-bond acceptors (Lipinski definition) is 6. The summed E-state index contributed by atoms with van der Waals surface area (Å²) in [6.07, 6.45) is 25.2. The number of para-hydroxylation sites is 3. The number of anilines is 6. The standard InChI is InChI=1S/C52H52N6/c1-2-14-47(15-3-1)53-34-35-54-48-28-20-41(21-29-48)18-26-45-12-6-8-16-51(45)57-38-36-55-49-30-22-42(23-31-49)19-27-46-13-7-9-17-52(46)58-39-37-56-50-32-24-44(25-33-50)40-43-10-4-5-11-43/h1-17,20-25,28-39,43,53-58H,18-19,26-27,40H2. The zero-order valence-corrected chi connectivity index (χ0v) is 32.8. The molecule has 0 saturated carbocycles. The minimum Gasteiger partial charge on any atom is -0.360 e. The molecule has 0 aromatic heterocycles. The van der Waals surface area contributed by atoms with Crippen LogP contribution in [0, 0.1) is 5.92 Å². The maximum absolute atomic E-state index is 3.48. The fourth-order valence-electron chi connectivity index (χ4n) is 6.82. The first-order valence-corrected chi connectivity index (χ1v) is 20.1. The van der Waals surface area contributed by atoms with Gasteiger partial charge >= 0.3 is 0 Å². The third-order valence-electron chi connectivity index (χ3n) is 10.1. The largest absolute Gasteiger partial charge is 0.360 e. The van der Waals surface area contributed by atoms with E-state index in [9.17, 15) is 0 Å². The van der Waals surface area contributed by atoms with Crippen LogP contribution in [0.2, 0.25) is 0 Å². The van der Waals surface area contributed by atoms with Crippen molar-refractivity contribution in [3.63, 3.8) is 0 Å².